The van der Waals surface area contributed by atoms with Crippen LogP contribution in [0.5, 0.6) is 0 Å². The number of hydrogen-bond acceptors (Lipinski definition) is 6. The van der Waals surface area contributed by atoms with Crippen LogP contribution in [0.15, 0.2) is 0 Å². The standard InChI is InChI=1S/C20H40N2O6/c1-18(22-20(24)10-7-13-28-17-15-26-3)8-4-5-11-21-19(23)9-6-12-27-16-14-25-2/h18H,4-17H2,1-3H3,(H,21,23)(H,22,24). The monoisotopic (exact) mass is 404 g/mol. The van der Waals surface area contributed by atoms with E-state index in [-0.39, 0.29) is 17.9 Å². The van der Waals surface area contributed by atoms with Gasteiger partial charge in [-0.2, -0.15) is 0 Å². The molecule has 0 bridgehead atoms. The summed E-state index contributed by atoms with van der Waals surface area (Å²) in [6.07, 6.45) is 5.16. The molecule has 8 nitrogen and oxygen atoms in total. The van der Waals surface area contributed by atoms with Crippen LogP contribution in [0.4, 0.5) is 0 Å². The summed E-state index contributed by atoms with van der Waals surface area (Å²) in [5.41, 5.74) is 0. The average molecular weight is 405 g/mol. The predicted octanol–water partition coefficient (Wildman–Crippen LogP) is 1.66. The van der Waals surface area contributed by atoms with Gasteiger partial charge in [-0.25, -0.2) is 0 Å². The van der Waals surface area contributed by atoms with Gasteiger partial charge in [0.1, 0.15) is 0 Å². The third-order valence-electron chi connectivity index (χ3n) is 4.04. The van der Waals surface area contributed by atoms with Gasteiger partial charge in [0.25, 0.3) is 0 Å². The zero-order valence-corrected chi connectivity index (χ0v) is 17.9. The Kier molecular flexibility index (Phi) is 19.6. The fourth-order valence-corrected chi connectivity index (χ4v) is 2.47. The van der Waals surface area contributed by atoms with Crippen LogP contribution < -0.4 is 10.6 Å². The maximum Gasteiger partial charge on any atom is 0.220 e. The Bertz CT molecular complexity index is 382. The van der Waals surface area contributed by atoms with Gasteiger partial charge in [0.05, 0.1) is 26.4 Å². The number of carbonyl (C=O) groups is 2. The van der Waals surface area contributed by atoms with Gasteiger partial charge < -0.3 is 29.6 Å². The summed E-state index contributed by atoms with van der Waals surface area (Å²) < 4.78 is 20.4. The highest BCUT2D eigenvalue weighted by atomic mass is 16.5. The van der Waals surface area contributed by atoms with Crippen LogP contribution in [0.3, 0.4) is 0 Å². The highest BCUT2D eigenvalue weighted by Gasteiger charge is 2.07. The van der Waals surface area contributed by atoms with Crippen molar-refractivity contribution in [2.75, 3.05) is 60.4 Å². The van der Waals surface area contributed by atoms with E-state index in [0.717, 1.165) is 25.7 Å². The molecule has 0 rings (SSSR count). The van der Waals surface area contributed by atoms with Crippen LogP contribution in [0.1, 0.15) is 51.9 Å². The van der Waals surface area contributed by atoms with E-state index in [1.807, 2.05) is 6.92 Å². The molecule has 0 radical (unpaired) electrons. The first kappa shape index (κ1) is 26.8. The van der Waals surface area contributed by atoms with E-state index in [4.69, 9.17) is 18.9 Å². The second kappa shape index (κ2) is 20.5. The van der Waals surface area contributed by atoms with Crippen molar-refractivity contribution >= 4 is 11.8 Å². The van der Waals surface area contributed by atoms with Crippen molar-refractivity contribution in [3.63, 3.8) is 0 Å². The van der Waals surface area contributed by atoms with Crippen LogP contribution in [-0.4, -0.2) is 78.3 Å². The molecule has 166 valence electrons. The topological polar surface area (TPSA) is 95.1 Å². The zero-order valence-electron chi connectivity index (χ0n) is 17.9. The minimum atomic E-state index is 0.0591. The van der Waals surface area contributed by atoms with Crippen molar-refractivity contribution in [1.82, 2.24) is 10.6 Å². The van der Waals surface area contributed by atoms with E-state index in [9.17, 15) is 9.59 Å². The van der Waals surface area contributed by atoms with E-state index < -0.39 is 0 Å². The van der Waals surface area contributed by atoms with Gasteiger partial charge in [-0.05, 0) is 39.0 Å². The van der Waals surface area contributed by atoms with Gasteiger partial charge in [0.15, 0.2) is 0 Å². The van der Waals surface area contributed by atoms with Crippen molar-refractivity contribution in [3.05, 3.63) is 0 Å². The zero-order chi connectivity index (χ0) is 20.9. The van der Waals surface area contributed by atoms with E-state index >= 15 is 0 Å². The Hall–Kier alpha value is -1.22. The lowest BCUT2D eigenvalue weighted by Crippen LogP contribution is -2.32. The Balaban J connectivity index is 3.44. The lowest BCUT2D eigenvalue weighted by molar-refractivity contribution is -0.122. The normalized spacial score (nSPS) is 12.0. The number of hydrogen-bond donors (Lipinski definition) is 2. The maximum atomic E-state index is 11.8. The van der Waals surface area contributed by atoms with Gasteiger partial charge in [0.2, 0.25) is 11.8 Å². The van der Waals surface area contributed by atoms with Crippen molar-refractivity contribution < 1.29 is 28.5 Å². The highest BCUT2D eigenvalue weighted by molar-refractivity contribution is 5.76. The molecule has 0 aromatic rings. The summed E-state index contributed by atoms with van der Waals surface area (Å²) in [4.78, 5) is 23.5. The van der Waals surface area contributed by atoms with Gasteiger partial charge >= 0.3 is 0 Å². The number of ether oxygens (including phenoxy) is 4. The molecule has 0 aliphatic heterocycles. The molecule has 0 saturated heterocycles. The first-order valence-electron chi connectivity index (χ1n) is 10.3. The first-order valence-corrected chi connectivity index (χ1v) is 10.3. The fourth-order valence-electron chi connectivity index (χ4n) is 2.47. The third-order valence-corrected chi connectivity index (χ3v) is 4.04. The number of nitrogens with one attached hydrogen (secondary N) is 2. The van der Waals surface area contributed by atoms with E-state index in [2.05, 4.69) is 10.6 Å². The molecular formula is C20H40N2O6. The summed E-state index contributed by atoms with van der Waals surface area (Å²) in [6, 6.07) is 0.141. The molecule has 0 aromatic heterocycles. The minimum absolute atomic E-state index is 0.0591. The molecule has 0 fully saturated rings. The van der Waals surface area contributed by atoms with Crippen LogP contribution in [0, 0.1) is 0 Å². The second-order valence-electron chi connectivity index (χ2n) is 6.73. The molecule has 0 spiro atoms. The second-order valence-corrected chi connectivity index (χ2v) is 6.73. The first-order chi connectivity index (χ1) is 13.6. The molecule has 2 amide bonds. The lowest BCUT2D eigenvalue weighted by Gasteiger charge is -2.14. The molecule has 0 aliphatic rings. The number of amides is 2. The average Bonchev–Trinajstić information content (AvgIpc) is 2.67. The Morgan fingerprint density at radius 3 is 1.89 bits per heavy atom. The fraction of sp³-hybridized carbons (Fsp3) is 0.900. The number of carbonyl (C=O) groups excluding carboxylic acids is 2. The summed E-state index contributed by atoms with van der Waals surface area (Å²) >= 11 is 0. The summed E-state index contributed by atoms with van der Waals surface area (Å²) in [5.74, 6) is 0.119. The quantitative estimate of drug-likeness (QED) is 0.300. The smallest absolute Gasteiger partial charge is 0.220 e. The minimum Gasteiger partial charge on any atom is -0.382 e. The van der Waals surface area contributed by atoms with E-state index in [1.54, 1.807) is 14.2 Å². The number of methoxy groups -OCH3 is 2. The van der Waals surface area contributed by atoms with Gasteiger partial charge in [-0.3, -0.25) is 9.59 Å². The van der Waals surface area contributed by atoms with E-state index in [0.29, 0.717) is 65.4 Å². The SMILES string of the molecule is COCCOCCCC(=O)NCCCCC(C)NC(=O)CCCOCCOC. The van der Waals surface area contributed by atoms with Crippen molar-refractivity contribution in [3.8, 4) is 0 Å². The van der Waals surface area contributed by atoms with E-state index in [1.165, 1.54) is 0 Å². The Labute approximate surface area is 170 Å². The van der Waals surface area contributed by atoms with Crippen LogP contribution >= 0.6 is 0 Å². The summed E-state index contributed by atoms with van der Waals surface area (Å²) in [5, 5.41) is 5.92. The molecule has 0 saturated carbocycles. The Morgan fingerprint density at radius 2 is 1.32 bits per heavy atom. The van der Waals surface area contributed by atoms with Crippen molar-refractivity contribution in [2.24, 2.45) is 0 Å². The maximum absolute atomic E-state index is 11.8. The summed E-state index contributed by atoms with van der Waals surface area (Å²) in [6.45, 7) is 6.11. The number of rotatable bonds is 20. The van der Waals surface area contributed by atoms with Gasteiger partial charge in [-0.15, -0.1) is 0 Å². The van der Waals surface area contributed by atoms with Crippen molar-refractivity contribution in [1.29, 1.82) is 0 Å². The Morgan fingerprint density at radius 1 is 0.750 bits per heavy atom. The lowest BCUT2D eigenvalue weighted by atomic mass is 10.1. The molecule has 1 unspecified atom stereocenters. The molecule has 2 N–H and O–H groups in total. The largest absolute Gasteiger partial charge is 0.382 e. The summed E-state index contributed by atoms with van der Waals surface area (Å²) in [7, 11) is 3.27. The molecule has 1 atom stereocenters. The predicted molar refractivity (Wildman–Crippen MR) is 108 cm³/mol. The molecular weight excluding hydrogens is 364 g/mol. The molecule has 8 heteroatoms. The molecule has 0 heterocycles. The van der Waals surface area contributed by atoms with Gasteiger partial charge in [-0.1, -0.05) is 0 Å². The highest BCUT2D eigenvalue weighted by Crippen LogP contribution is 2.01. The molecule has 0 aliphatic carbocycles. The van der Waals surface area contributed by atoms with Crippen molar-refractivity contribution in [2.45, 2.75) is 57.9 Å². The third kappa shape index (κ3) is 19.5. The number of unbranched alkanes of at least 4 members (excludes halogenated alkanes) is 1. The molecule has 28 heavy (non-hydrogen) atoms. The van der Waals surface area contributed by atoms with Crippen LogP contribution in [-0.2, 0) is 28.5 Å². The van der Waals surface area contributed by atoms with Crippen LogP contribution in [0.25, 0.3) is 0 Å². The van der Waals surface area contributed by atoms with Crippen LogP contribution in [0.2, 0.25) is 0 Å². The molecule has 0 aromatic carbocycles. The van der Waals surface area contributed by atoms with Gasteiger partial charge in [0, 0.05) is 52.9 Å².